The Morgan fingerprint density at radius 2 is 1.77 bits per heavy atom. The van der Waals surface area contributed by atoms with E-state index in [1.54, 1.807) is 6.07 Å². The second-order valence-electron chi connectivity index (χ2n) is 9.69. The van der Waals surface area contributed by atoms with E-state index in [2.05, 4.69) is 20.5 Å². The molecule has 2 saturated heterocycles. The smallest absolute Gasteiger partial charge is 0.414 e. The minimum Gasteiger partial charge on any atom is -0.453 e. The van der Waals surface area contributed by atoms with Gasteiger partial charge in [0.05, 0.1) is 32.4 Å². The normalized spacial score (nSPS) is 18.9. The zero-order valence-corrected chi connectivity index (χ0v) is 21.7. The van der Waals surface area contributed by atoms with Crippen LogP contribution in [-0.4, -0.2) is 93.1 Å². The van der Waals surface area contributed by atoms with E-state index >= 15 is 8.78 Å². The molecule has 15 heteroatoms. The lowest BCUT2D eigenvalue weighted by Crippen LogP contribution is -2.51. The fourth-order valence-corrected chi connectivity index (χ4v) is 4.61. The number of rotatable bonds is 8. The van der Waals surface area contributed by atoms with E-state index in [0.29, 0.717) is 11.7 Å². The number of carbonyl (C=O) groups excluding carboxylic acids is 4. The summed E-state index contributed by atoms with van der Waals surface area (Å²) in [7, 11) is 1.19. The quantitative estimate of drug-likeness (QED) is 0.490. The number of nitrogens with zero attached hydrogens (tertiary/aromatic N) is 4. The van der Waals surface area contributed by atoms with Crippen molar-refractivity contribution in [3.05, 3.63) is 41.3 Å². The number of cyclic esters (lactones) is 1. The Morgan fingerprint density at radius 3 is 2.42 bits per heavy atom. The third-order valence-electron chi connectivity index (χ3n) is 6.94. The second-order valence-corrected chi connectivity index (χ2v) is 9.69. The summed E-state index contributed by atoms with van der Waals surface area (Å²) in [6, 6.07) is 3.67. The molecule has 3 aliphatic rings. The van der Waals surface area contributed by atoms with E-state index in [1.807, 2.05) is 0 Å². The number of anilines is 2. The van der Waals surface area contributed by atoms with Crippen LogP contribution in [0.25, 0.3) is 0 Å². The first-order valence-electron chi connectivity index (χ1n) is 12.8. The fourth-order valence-electron chi connectivity index (χ4n) is 4.61. The van der Waals surface area contributed by atoms with Gasteiger partial charge < -0.3 is 34.4 Å². The van der Waals surface area contributed by atoms with Crippen molar-refractivity contribution in [2.45, 2.75) is 24.9 Å². The third kappa shape index (κ3) is 5.92. The highest BCUT2D eigenvalue weighted by atomic mass is 19.1. The van der Waals surface area contributed by atoms with Crippen LogP contribution >= 0.6 is 0 Å². The highest BCUT2D eigenvalue weighted by Crippen LogP contribution is 2.40. The predicted octanol–water partition coefficient (Wildman–Crippen LogP) is 1.59. The van der Waals surface area contributed by atoms with Gasteiger partial charge in [0, 0.05) is 50.3 Å². The monoisotopic (exact) mass is 562 g/mol. The number of aromatic nitrogens is 1. The largest absolute Gasteiger partial charge is 0.453 e. The summed E-state index contributed by atoms with van der Waals surface area (Å²) in [6.07, 6.45) is -0.206. The average molecular weight is 563 g/mol. The molecule has 214 valence electrons. The number of hydrogen-bond donors (Lipinski definition) is 2. The van der Waals surface area contributed by atoms with Crippen molar-refractivity contribution >= 4 is 35.4 Å². The highest BCUT2D eigenvalue weighted by molar-refractivity contribution is 5.95. The first-order chi connectivity index (χ1) is 19.2. The lowest BCUT2D eigenvalue weighted by atomic mass is 10.2. The first-order valence-corrected chi connectivity index (χ1v) is 12.8. The van der Waals surface area contributed by atoms with Gasteiger partial charge in [0.15, 0.2) is 17.3 Å². The van der Waals surface area contributed by atoms with Crippen molar-refractivity contribution in [3.8, 4) is 0 Å². The number of alkyl carbamates (subject to hydrolysis) is 1. The summed E-state index contributed by atoms with van der Waals surface area (Å²) in [5.41, 5.74) is -0.173. The molecule has 0 bridgehead atoms. The van der Waals surface area contributed by atoms with Crippen LogP contribution in [0.1, 0.15) is 35.0 Å². The predicted molar refractivity (Wildman–Crippen MR) is 134 cm³/mol. The van der Waals surface area contributed by atoms with E-state index in [1.165, 1.54) is 16.9 Å². The Labute approximate surface area is 227 Å². The molecule has 2 N–H and O–H groups in total. The number of hydrogen-bond acceptors (Lipinski definition) is 9. The van der Waals surface area contributed by atoms with Crippen LogP contribution in [0, 0.1) is 11.6 Å². The molecular formula is C25H28F2N6O7. The summed E-state index contributed by atoms with van der Waals surface area (Å²) in [5, 5.41) is 8.68. The number of nitrogens with one attached hydrogen (secondary N) is 2. The van der Waals surface area contributed by atoms with Crippen LogP contribution in [0.15, 0.2) is 22.7 Å². The maximum atomic E-state index is 15.1. The molecule has 5 rings (SSSR count). The van der Waals surface area contributed by atoms with Crippen LogP contribution in [0.2, 0.25) is 0 Å². The van der Waals surface area contributed by atoms with Gasteiger partial charge in [0.25, 0.3) is 5.91 Å². The first kappa shape index (κ1) is 27.1. The number of amides is 4. The lowest BCUT2D eigenvalue weighted by molar-refractivity contribution is -0.130. The topological polar surface area (TPSA) is 147 Å². The molecule has 2 aliphatic heterocycles. The van der Waals surface area contributed by atoms with Gasteiger partial charge in [0.2, 0.25) is 5.91 Å². The Hall–Kier alpha value is -4.43. The molecule has 13 nitrogen and oxygen atoms in total. The number of methoxy groups -OCH3 is 1. The van der Waals surface area contributed by atoms with Gasteiger partial charge in [-0.25, -0.2) is 18.4 Å². The number of carbonyl (C=O) groups is 4. The molecule has 3 fully saturated rings. The van der Waals surface area contributed by atoms with Crippen LogP contribution in [0.5, 0.6) is 0 Å². The molecule has 0 spiro atoms. The summed E-state index contributed by atoms with van der Waals surface area (Å²) < 4.78 is 44.9. The number of halogens is 2. The van der Waals surface area contributed by atoms with E-state index in [4.69, 9.17) is 9.26 Å². The third-order valence-corrected chi connectivity index (χ3v) is 6.94. The number of piperazine rings is 1. The maximum absolute atomic E-state index is 15.1. The van der Waals surface area contributed by atoms with Gasteiger partial charge in [-0.2, -0.15) is 0 Å². The minimum atomic E-state index is -0.871. The Kier molecular flexibility index (Phi) is 7.71. The van der Waals surface area contributed by atoms with E-state index in [-0.39, 0.29) is 68.8 Å². The van der Waals surface area contributed by atoms with Crippen LogP contribution in [0.4, 0.5) is 29.7 Å². The van der Waals surface area contributed by atoms with E-state index in [9.17, 15) is 19.2 Å². The number of ether oxygens (including phenoxy) is 2. The molecule has 1 unspecified atom stereocenters. The van der Waals surface area contributed by atoms with Crippen molar-refractivity contribution in [1.82, 2.24) is 20.7 Å². The van der Waals surface area contributed by atoms with Crippen molar-refractivity contribution in [1.29, 1.82) is 0 Å². The molecule has 0 radical (unpaired) electrons. The van der Waals surface area contributed by atoms with Crippen LogP contribution in [-0.2, 0) is 14.3 Å². The van der Waals surface area contributed by atoms with Crippen LogP contribution < -0.4 is 20.4 Å². The van der Waals surface area contributed by atoms with Gasteiger partial charge in [0.1, 0.15) is 17.6 Å². The summed E-state index contributed by atoms with van der Waals surface area (Å²) in [4.78, 5) is 52.4. The van der Waals surface area contributed by atoms with Crippen molar-refractivity contribution in [2.24, 2.45) is 0 Å². The van der Waals surface area contributed by atoms with Crippen molar-refractivity contribution < 1.29 is 42.0 Å². The molecular weight excluding hydrogens is 534 g/mol. The molecule has 1 aliphatic carbocycles. The van der Waals surface area contributed by atoms with E-state index < -0.39 is 35.8 Å². The molecule has 1 aromatic heterocycles. The molecule has 40 heavy (non-hydrogen) atoms. The fraction of sp³-hybridized carbons (Fsp3) is 0.480. The van der Waals surface area contributed by atoms with Crippen molar-refractivity contribution in [2.75, 3.05) is 62.7 Å². The van der Waals surface area contributed by atoms with E-state index in [0.717, 1.165) is 29.9 Å². The SMILES string of the molecule is COC(=O)NCC1CN(c2cc(F)c(N3CCN(C(=O)CNC(=O)c4cc(C5CC5)on4)CC3)c(F)c2)C(=O)O1. The Bertz CT molecular complexity index is 1290. The minimum absolute atomic E-state index is 0.0171. The van der Waals surface area contributed by atoms with Crippen LogP contribution in [0.3, 0.4) is 0 Å². The van der Waals surface area contributed by atoms with Gasteiger partial charge >= 0.3 is 12.2 Å². The maximum Gasteiger partial charge on any atom is 0.414 e. The zero-order chi connectivity index (χ0) is 28.4. The lowest BCUT2D eigenvalue weighted by Gasteiger charge is -2.36. The van der Waals surface area contributed by atoms with Gasteiger partial charge in [-0.15, -0.1) is 0 Å². The van der Waals surface area contributed by atoms with Gasteiger partial charge in [-0.1, -0.05) is 5.16 Å². The summed E-state index contributed by atoms with van der Waals surface area (Å²) in [6.45, 7) is 0.422. The summed E-state index contributed by atoms with van der Waals surface area (Å²) in [5.74, 6) is -1.62. The Balaban J connectivity index is 1.13. The van der Waals surface area contributed by atoms with Crippen molar-refractivity contribution in [3.63, 3.8) is 0 Å². The molecule has 3 heterocycles. The molecule has 4 amide bonds. The molecule has 1 saturated carbocycles. The van der Waals surface area contributed by atoms with Gasteiger partial charge in [-0.3, -0.25) is 14.5 Å². The number of benzene rings is 1. The molecule has 1 atom stereocenters. The average Bonchev–Trinajstić information content (AvgIpc) is 3.55. The zero-order valence-electron chi connectivity index (χ0n) is 21.7. The standard InChI is InChI=1S/C25H28F2N6O7/c1-38-24(36)29-11-16-13-33(25(37)39-16)15-8-17(26)22(18(27)9-15)32-6-4-31(5-7-32)21(34)12-28-23(35)19-10-20(40-30-19)14-2-3-14/h8-10,14,16H,2-7,11-13H2,1H3,(H,28,35)(H,29,36). The summed E-state index contributed by atoms with van der Waals surface area (Å²) >= 11 is 0. The van der Waals surface area contributed by atoms with Gasteiger partial charge in [-0.05, 0) is 12.8 Å². The highest BCUT2D eigenvalue weighted by Gasteiger charge is 2.34. The molecule has 2 aromatic rings. The second kappa shape index (κ2) is 11.4. The Morgan fingerprint density at radius 1 is 1.07 bits per heavy atom. The molecule has 1 aromatic carbocycles.